The van der Waals surface area contributed by atoms with Gasteiger partial charge in [-0.2, -0.15) is 0 Å². The summed E-state index contributed by atoms with van der Waals surface area (Å²) in [6.07, 6.45) is 1.19. The van der Waals surface area contributed by atoms with E-state index in [1.54, 1.807) is 0 Å². The molecule has 1 heterocycles. The Labute approximate surface area is 129 Å². The summed E-state index contributed by atoms with van der Waals surface area (Å²) in [7, 11) is 0. The van der Waals surface area contributed by atoms with Crippen LogP contribution in [0.1, 0.15) is 38.3 Å². The van der Waals surface area contributed by atoms with Crippen molar-refractivity contribution < 1.29 is 4.74 Å². The molecule has 2 atom stereocenters. The summed E-state index contributed by atoms with van der Waals surface area (Å²) in [6, 6.07) is 9.56. The highest BCUT2D eigenvalue weighted by Crippen LogP contribution is 2.17. The molecule has 0 radical (unpaired) electrons. The number of nitrogens with zero attached hydrogens (tertiary/aromatic N) is 1. The van der Waals surface area contributed by atoms with Gasteiger partial charge in [0.15, 0.2) is 0 Å². The van der Waals surface area contributed by atoms with Gasteiger partial charge in [0.2, 0.25) is 0 Å². The molecule has 0 amide bonds. The van der Waals surface area contributed by atoms with Crippen LogP contribution >= 0.6 is 0 Å². The van der Waals surface area contributed by atoms with Crippen LogP contribution in [0.15, 0.2) is 24.3 Å². The molecule has 3 nitrogen and oxygen atoms in total. The van der Waals surface area contributed by atoms with Gasteiger partial charge in [-0.3, -0.25) is 4.90 Å². The topological polar surface area (TPSA) is 24.5 Å². The number of nitrogens with one attached hydrogen (secondary N) is 1. The molecule has 2 unspecified atom stereocenters. The number of hydrogen-bond acceptors (Lipinski definition) is 3. The average Bonchev–Trinajstić information content (AvgIpc) is 3.06. The van der Waals surface area contributed by atoms with Crippen molar-refractivity contribution in [1.82, 2.24) is 10.2 Å². The smallest absolute Gasteiger partial charge is 0.0509 e. The highest BCUT2D eigenvalue weighted by Gasteiger charge is 2.21. The number of hydrogen-bond donors (Lipinski definition) is 1. The van der Waals surface area contributed by atoms with E-state index in [9.17, 15) is 0 Å². The molecule has 21 heavy (non-hydrogen) atoms. The van der Waals surface area contributed by atoms with Crippen LogP contribution < -0.4 is 5.32 Å². The standard InChI is InChI=1S/C18H30N2O/c1-4-20(5-2)13-17-8-6-16(7-9-17)12-19-15(3)18-10-11-21-14-18/h6-9,15,18-19H,4-5,10-14H2,1-3H3. The first-order valence-corrected chi connectivity index (χ1v) is 8.34. The first-order chi connectivity index (χ1) is 10.2. The van der Waals surface area contributed by atoms with Crippen molar-refractivity contribution in [2.75, 3.05) is 26.3 Å². The van der Waals surface area contributed by atoms with Gasteiger partial charge in [-0.15, -0.1) is 0 Å². The number of ether oxygens (including phenoxy) is 1. The van der Waals surface area contributed by atoms with Crippen LogP contribution in [0.2, 0.25) is 0 Å². The lowest BCUT2D eigenvalue weighted by Crippen LogP contribution is -2.33. The van der Waals surface area contributed by atoms with Gasteiger partial charge in [-0.1, -0.05) is 38.1 Å². The van der Waals surface area contributed by atoms with Gasteiger partial charge in [0.25, 0.3) is 0 Å². The van der Waals surface area contributed by atoms with Crippen LogP contribution in [0.5, 0.6) is 0 Å². The van der Waals surface area contributed by atoms with E-state index in [0.29, 0.717) is 12.0 Å². The highest BCUT2D eigenvalue weighted by atomic mass is 16.5. The summed E-state index contributed by atoms with van der Waals surface area (Å²) in [6.45, 7) is 12.8. The van der Waals surface area contributed by atoms with Crippen molar-refractivity contribution >= 4 is 0 Å². The Balaban J connectivity index is 1.79. The van der Waals surface area contributed by atoms with Gasteiger partial charge >= 0.3 is 0 Å². The van der Waals surface area contributed by atoms with Crippen LogP contribution in [0.3, 0.4) is 0 Å². The second-order valence-corrected chi connectivity index (χ2v) is 6.07. The minimum absolute atomic E-state index is 0.530. The minimum Gasteiger partial charge on any atom is -0.381 e. The van der Waals surface area contributed by atoms with Crippen molar-refractivity contribution in [1.29, 1.82) is 0 Å². The SMILES string of the molecule is CCN(CC)Cc1ccc(CNC(C)C2CCOC2)cc1. The van der Waals surface area contributed by atoms with Crippen LogP contribution in [0, 0.1) is 5.92 Å². The summed E-state index contributed by atoms with van der Waals surface area (Å²) in [4.78, 5) is 2.44. The lowest BCUT2D eigenvalue weighted by Gasteiger charge is -2.20. The largest absolute Gasteiger partial charge is 0.381 e. The zero-order valence-corrected chi connectivity index (χ0v) is 13.8. The van der Waals surface area contributed by atoms with Crippen LogP contribution in [-0.4, -0.2) is 37.2 Å². The molecule has 0 aliphatic carbocycles. The second kappa shape index (κ2) is 8.52. The maximum absolute atomic E-state index is 5.46. The summed E-state index contributed by atoms with van der Waals surface area (Å²) >= 11 is 0. The van der Waals surface area contributed by atoms with E-state index < -0.39 is 0 Å². The molecule has 1 aromatic rings. The molecule has 2 rings (SSSR count). The molecule has 0 spiro atoms. The van der Waals surface area contributed by atoms with E-state index in [0.717, 1.165) is 39.4 Å². The fourth-order valence-electron chi connectivity index (χ4n) is 2.86. The molecule has 118 valence electrons. The Morgan fingerprint density at radius 3 is 2.43 bits per heavy atom. The summed E-state index contributed by atoms with van der Waals surface area (Å²) < 4.78 is 5.46. The van der Waals surface area contributed by atoms with E-state index >= 15 is 0 Å². The van der Waals surface area contributed by atoms with Crippen molar-refractivity contribution in [3.8, 4) is 0 Å². The molecule has 1 aromatic carbocycles. The van der Waals surface area contributed by atoms with Gasteiger partial charge in [-0.25, -0.2) is 0 Å². The molecular weight excluding hydrogens is 260 g/mol. The Hall–Kier alpha value is -0.900. The zero-order valence-electron chi connectivity index (χ0n) is 13.8. The fourth-order valence-corrected chi connectivity index (χ4v) is 2.86. The normalized spacial score (nSPS) is 20.1. The molecular formula is C18H30N2O. The third kappa shape index (κ3) is 5.10. The highest BCUT2D eigenvalue weighted by molar-refractivity contribution is 5.22. The van der Waals surface area contributed by atoms with Crippen LogP contribution in [0.4, 0.5) is 0 Å². The lowest BCUT2D eigenvalue weighted by molar-refractivity contribution is 0.178. The van der Waals surface area contributed by atoms with Gasteiger partial charge in [-0.05, 0) is 43.5 Å². The predicted octanol–water partition coefficient (Wildman–Crippen LogP) is 3.04. The third-order valence-corrected chi connectivity index (χ3v) is 4.62. The second-order valence-electron chi connectivity index (χ2n) is 6.07. The average molecular weight is 290 g/mol. The van der Waals surface area contributed by atoms with E-state index in [-0.39, 0.29) is 0 Å². The zero-order chi connectivity index (χ0) is 15.1. The first-order valence-electron chi connectivity index (χ1n) is 8.34. The molecule has 3 heteroatoms. The van der Waals surface area contributed by atoms with Gasteiger partial charge in [0, 0.05) is 25.7 Å². The minimum atomic E-state index is 0.530. The fraction of sp³-hybridized carbons (Fsp3) is 0.667. The van der Waals surface area contributed by atoms with E-state index in [1.807, 2.05) is 0 Å². The maximum atomic E-state index is 5.46. The monoisotopic (exact) mass is 290 g/mol. The van der Waals surface area contributed by atoms with Gasteiger partial charge in [0.05, 0.1) is 6.61 Å². The summed E-state index contributed by atoms with van der Waals surface area (Å²) in [5.41, 5.74) is 2.77. The molecule has 1 aliphatic heterocycles. The third-order valence-electron chi connectivity index (χ3n) is 4.62. The Kier molecular flexibility index (Phi) is 6.68. The molecule has 1 aliphatic rings. The van der Waals surface area contributed by atoms with E-state index in [4.69, 9.17) is 4.74 Å². The van der Waals surface area contributed by atoms with Crippen LogP contribution in [-0.2, 0) is 17.8 Å². The van der Waals surface area contributed by atoms with Gasteiger partial charge in [0.1, 0.15) is 0 Å². The number of rotatable bonds is 8. The lowest BCUT2D eigenvalue weighted by atomic mass is 10.0. The molecule has 0 aromatic heterocycles. The Bertz CT molecular complexity index is 394. The number of benzene rings is 1. The van der Waals surface area contributed by atoms with Gasteiger partial charge < -0.3 is 10.1 Å². The van der Waals surface area contributed by atoms with Crippen molar-refractivity contribution in [2.24, 2.45) is 5.92 Å². The Morgan fingerprint density at radius 2 is 1.86 bits per heavy atom. The van der Waals surface area contributed by atoms with Crippen molar-refractivity contribution in [3.63, 3.8) is 0 Å². The Morgan fingerprint density at radius 1 is 1.19 bits per heavy atom. The molecule has 1 fully saturated rings. The van der Waals surface area contributed by atoms with E-state index in [1.165, 1.54) is 17.5 Å². The van der Waals surface area contributed by atoms with Crippen molar-refractivity contribution in [2.45, 2.75) is 46.3 Å². The van der Waals surface area contributed by atoms with Crippen molar-refractivity contribution in [3.05, 3.63) is 35.4 Å². The first kappa shape index (κ1) is 16.5. The van der Waals surface area contributed by atoms with E-state index in [2.05, 4.69) is 55.3 Å². The molecule has 0 saturated carbocycles. The molecule has 1 N–H and O–H groups in total. The predicted molar refractivity (Wildman–Crippen MR) is 88.3 cm³/mol. The summed E-state index contributed by atoms with van der Waals surface area (Å²) in [5, 5.41) is 3.63. The van der Waals surface area contributed by atoms with Crippen LogP contribution in [0.25, 0.3) is 0 Å². The molecule has 1 saturated heterocycles. The summed E-state index contributed by atoms with van der Waals surface area (Å²) in [5.74, 6) is 0.673. The quantitative estimate of drug-likeness (QED) is 0.796. The maximum Gasteiger partial charge on any atom is 0.0509 e. The molecule has 0 bridgehead atoms.